The van der Waals surface area contributed by atoms with E-state index in [2.05, 4.69) is 0 Å². The van der Waals surface area contributed by atoms with Crippen LogP contribution in [-0.2, 0) is 14.3 Å². The topological polar surface area (TPSA) is 49.9 Å². The number of nitrogens with zero attached hydrogens (tertiary/aromatic N) is 2. The summed E-state index contributed by atoms with van der Waals surface area (Å²) in [5.41, 5.74) is 0. The highest BCUT2D eigenvalue weighted by atomic mass is 16.5. The maximum Gasteiger partial charge on any atom is 0.248 e. The first-order chi connectivity index (χ1) is 8.90. The van der Waals surface area contributed by atoms with Crippen LogP contribution in [0.5, 0.6) is 0 Å². The van der Waals surface area contributed by atoms with Crippen LogP contribution < -0.4 is 0 Å². The number of hydrogen-bond acceptors (Lipinski definition) is 3. The predicted molar refractivity (Wildman–Crippen MR) is 73.7 cm³/mol. The number of ether oxygens (including phenoxy) is 1. The zero-order valence-corrected chi connectivity index (χ0v) is 12.5. The second-order valence-corrected chi connectivity index (χ2v) is 5.72. The molecule has 0 saturated carbocycles. The Labute approximate surface area is 115 Å². The van der Waals surface area contributed by atoms with Crippen LogP contribution in [0.2, 0.25) is 0 Å². The molecule has 0 radical (unpaired) electrons. The fourth-order valence-corrected chi connectivity index (χ4v) is 2.01. The molecule has 0 aromatic heterocycles. The summed E-state index contributed by atoms with van der Waals surface area (Å²) in [7, 11) is 0. The largest absolute Gasteiger partial charge is 0.369 e. The van der Waals surface area contributed by atoms with Crippen molar-refractivity contribution in [1.82, 2.24) is 9.80 Å². The molecule has 1 rings (SSSR count). The molecule has 0 aromatic rings. The van der Waals surface area contributed by atoms with Crippen molar-refractivity contribution in [3.63, 3.8) is 0 Å². The van der Waals surface area contributed by atoms with E-state index in [0.29, 0.717) is 38.5 Å². The Kier molecular flexibility index (Phi) is 6.28. The summed E-state index contributed by atoms with van der Waals surface area (Å²) in [5.74, 6) is 0.594. The smallest absolute Gasteiger partial charge is 0.248 e. The van der Waals surface area contributed by atoms with Gasteiger partial charge in [0.2, 0.25) is 11.8 Å². The molecule has 19 heavy (non-hydrogen) atoms. The lowest BCUT2D eigenvalue weighted by atomic mass is 10.1. The summed E-state index contributed by atoms with van der Waals surface area (Å²) in [6.45, 7) is 10.6. The molecule has 1 fully saturated rings. The zero-order chi connectivity index (χ0) is 14.4. The molecule has 1 heterocycles. The minimum atomic E-state index is 0.0182. The molecule has 0 atom stereocenters. The molecule has 0 aliphatic carbocycles. The summed E-state index contributed by atoms with van der Waals surface area (Å²) in [4.78, 5) is 27.4. The molecular weight excluding hydrogens is 244 g/mol. The monoisotopic (exact) mass is 270 g/mol. The van der Waals surface area contributed by atoms with E-state index in [0.717, 1.165) is 0 Å². The van der Waals surface area contributed by atoms with E-state index in [1.54, 1.807) is 4.90 Å². The number of carbonyl (C=O) groups excluding carboxylic acids is 2. The predicted octanol–water partition coefficient (Wildman–Crippen LogP) is 1.13. The van der Waals surface area contributed by atoms with Gasteiger partial charge in [0, 0.05) is 32.6 Å². The highest BCUT2D eigenvalue weighted by molar-refractivity contribution is 5.79. The lowest BCUT2D eigenvalue weighted by Gasteiger charge is -2.35. The first kappa shape index (κ1) is 16.0. The molecule has 5 nitrogen and oxygen atoms in total. The maximum absolute atomic E-state index is 11.9. The van der Waals surface area contributed by atoms with Gasteiger partial charge in [-0.05, 0) is 19.8 Å². The Morgan fingerprint density at radius 1 is 0.947 bits per heavy atom. The molecule has 5 heteroatoms. The van der Waals surface area contributed by atoms with Gasteiger partial charge in [0.05, 0.1) is 6.10 Å². The van der Waals surface area contributed by atoms with E-state index in [4.69, 9.17) is 4.74 Å². The zero-order valence-electron chi connectivity index (χ0n) is 12.5. The molecule has 2 amide bonds. The van der Waals surface area contributed by atoms with E-state index < -0.39 is 0 Å². The summed E-state index contributed by atoms with van der Waals surface area (Å²) in [5, 5.41) is 0. The lowest BCUT2D eigenvalue weighted by molar-refractivity contribution is -0.143. The number of carbonyl (C=O) groups is 2. The van der Waals surface area contributed by atoms with Gasteiger partial charge >= 0.3 is 0 Å². The van der Waals surface area contributed by atoms with Crippen molar-refractivity contribution < 1.29 is 14.3 Å². The number of hydrogen-bond donors (Lipinski definition) is 0. The van der Waals surface area contributed by atoms with Crippen molar-refractivity contribution in [2.24, 2.45) is 5.92 Å². The summed E-state index contributed by atoms with van der Waals surface area (Å²) < 4.78 is 5.31. The summed E-state index contributed by atoms with van der Waals surface area (Å²) in [6, 6.07) is 0. The van der Waals surface area contributed by atoms with E-state index in [1.165, 1.54) is 0 Å². The minimum Gasteiger partial charge on any atom is -0.369 e. The first-order valence-electron chi connectivity index (χ1n) is 7.07. The van der Waals surface area contributed by atoms with E-state index in [-0.39, 0.29) is 24.5 Å². The Morgan fingerprint density at radius 3 is 1.84 bits per heavy atom. The van der Waals surface area contributed by atoms with Crippen LogP contribution in [0.25, 0.3) is 0 Å². The molecule has 0 aromatic carbocycles. The van der Waals surface area contributed by atoms with Crippen molar-refractivity contribution in [3.8, 4) is 0 Å². The van der Waals surface area contributed by atoms with Crippen molar-refractivity contribution in [2.75, 3.05) is 32.8 Å². The third-order valence-corrected chi connectivity index (χ3v) is 3.11. The van der Waals surface area contributed by atoms with Gasteiger partial charge in [-0.2, -0.15) is 0 Å². The van der Waals surface area contributed by atoms with Crippen LogP contribution in [-0.4, -0.2) is 60.5 Å². The molecule has 1 saturated heterocycles. The fourth-order valence-electron chi connectivity index (χ4n) is 2.01. The minimum absolute atomic E-state index is 0.0182. The molecule has 0 N–H and O–H groups in total. The Morgan fingerprint density at radius 2 is 1.42 bits per heavy atom. The normalized spacial score (nSPS) is 16.3. The van der Waals surface area contributed by atoms with Gasteiger partial charge in [0.15, 0.2) is 0 Å². The van der Waals surface area contributed by atoms with E-state index in [1.807, 2.05) is 32.6 Å². The number of amides is 2. The molecule has 0 bridgehead atoms. The third kappa shape index (κ3) is 5.59. The van der Waals surface area contributed by atoms with Crippen molar-refractivity contribution >= 4 is 11.8 Å². The van der Waals surface area contributed by atoms with Gasteiger partial charge in [-0.1, -0.05) is 13.8 Å². The SMILES string of the molecule is CC(C)CC(=O)N1CCN(C(=O)COC(C)C)CC1. The van der Waals surface area contributed by atoms with Crippen LogP contribution in [0.15, 0.2) is 0 Å². The van der Waals surface area contributed by atoms with E-state index in [9.17, 15) is 9.59 Å². The summed E-state index contributed by atoms with van der Waals surface area (Å²) in [6.07, 6.45) is 0.655. The highest BCUT2D eigenvalue weighted by Crippen LogP contribution is 2.08. The second kappa shape index (κ2) is 7.48. The standard InChI is InChI=1S/C14H26N2O3/c1-11(2)9-13(17)15-5-7-16(8-6-15)14(18)10-19-12(3)4/h11-12H,5-10H2,1-4H3. The lowest BCUT2D eigenvalue weighted by Crippen LogP contribution is -2.51. The molecule has 0 unspecified atom stereocenters. The van der Waals surface area contributed by atoms with Crippen LogP contribution in [0, 0.1) is 5.92 Å². The van der Waals surface area contributed by atoms with Crippen LogP contribution in [0.1, 0.15) is 34.1 Å². The quantitative estimate of drug-likeness (QED) is 0.752. The van der Waals surface area contributed by atoms with Crippen LogP contribution in [0.4, 0.5) is 0 Å². The van der Waals surface area contributed by atoms with Gasteiger partial charge in [0.25, 0.3) is 0 Å². The molecule has 0 spiro atoms. The van der Waals surface area contributed by atoms with Crippen molar-refractivity contribution in [3.05, 3.63) is 0 Å². The van der Waals surface area contributed by atoms with Gasteiger partial charge in [-0.15, -0.1) is 0 Å². The van der Waals surface area contributed by atoms with Crippen molar-refractivity contribution in [2.45, 2.75) is 40.2 Å². The number of rotatable bonds is 5. The first-order valence-corrected chi connectivity index (χ1v) is 7.07. The molecule has 1 aliphatic rings. The van der Waals surface area contributed by atoms with Gasteiger partial charge in [0.1, 0.15) is 6.61 Å². The van der Waals surface area contributed by atoms with Gasteiger partial charge in [-0.3, -0.25) is 9.59 Å². The molecular formula is C14H26N2O3. The Hall–Kier alpha value is -1.10. The van der Waals surface area contributed by atoms with Gasteiger partial charge in [-0.25, -0.2) is 0 Å². The fraction of sp³-hybridized carbons (Fsp3) is 0.857. The second-order valence-electron chi connectivity index (χ2n) is 5.72. The Balaban J connectivity index is 2.32. The van der Waals surface area contributed by atoms with Gasteiger partial charge < -0.3 is 14.5 Å². The average Bonchev–Trinajstić information content (AvgIpc) is 2.35. The molecule has 1 aliphatic heterocycles. The summed E-state index contributed by atoms with van der Waals surface area (Å²) >= 11 is 0. The Bertz CT molecular complexity index is 308. The number of piperazine rings is 1. The maximum atomic E-state index is 11.9. The van der Waals surface area contributed by atoms with Crippen molar-refractivity contribution in [1.29, 1.82) is 0 Å². The van der Waals surface area contributed by atoms with Crippen LogP contribution in [0.3, 0.4) is 0 Å². The average molecular weight is 270 g/mol. The van der Waals surface area contributed by atoms with Crippen LogP contribution >= 0.6 is 0 Å². The highest BCUT2D eigenvalue weighted by Gasteiger charge is 2.24. The molecule has 110 valence electrons. The van der Waals surface area contributed by atoms with E-state index >= 15 is 0 Å². The third-order valence-electron chi connectivity index (χ3n) is 3.11.